The van der Waals surface area contributed by atoms with Gasteiger partial charge in [0.1, 0.15) is 17.5 Å². The van der Waals surface area contributed by atoms with Gasteiger partial charge < -0.3 is 10.6 Å². The van der Waals surface area contributed by atoms with Crippen LogP contribution in [0, 0.1) is 11.6 Å². The van der Waals surface area contributed by atoms with Crippen LogP contribution in [-0.2, 0) is 11.2 Å². The lowest BCUT2D eigenvalue weighted by atomic mass is 9.99. The summed E-state index contributed by atoms with van der Waals surface area (Å²) in [6.07, 6.45) is 2.52. The van der Waals surface area contributed by atoms with Gasteiger partial charge in [-0.1, -0.05) is 31.2 Å². The second kappa shape index (κ2) is 9.47. The zero-order valence-electron chi connectivity index (χ0n) is 17.4. The van der Waals surface area contributed by atoms with Crippen molar-refractivity contribution >= 4 is 23.2 Å². The van der Waals surface area contributed by atoms with Gasteiger partial charge in [-0.2, -0.15) is 0 Å². The lowest BCUT2D eigenvalue weighted by Gasteiger charge is -2.18. The molecule has 3 aromatic rings. The molecule has 1 aromatic heterocycles. The lowest BCUT2D eigenvalue weighted by Crippen LogP contribution is -2.25. The van der Waals surface area contributed by atoms with Crippen LogP contribution >= 0.6 is 0 Å². The fourth-order valence-corrected chi connectivity index (χ4v) is 3.23. The van der Waals surface area contributed by atoms with Crippen molar-refractivity contribution < 1.29 is 18.4 Å². The summed E-state index contributed by atoms with van der Waals surface area (Å²) in [5, 5.41) is 0. The van der Waals surface area contributed by atoms with E-state index < -0.39 is 11.6 Å². The smallest absolute Gasteiger partial charge is 0.226 e. The van der Waals surface area contributed by atoms with Gasteiger partial charge in [-0.05, 0) is 41.8 Å². The normalized spacial score (nSPS) is 10.7. The van der Waals surface area contributed by atoms with Gasteiger partial charge in [-0.15, -0.1) is 0 Å². The molecule has 0 radical (unpaired) electrons. The number of amides is 1. The van der Waals surface area contributed by atoms with Crippen molar-refractivity contribution in [3.8, 4) is 11.1 Å². The number of hydrogen-bond acceptors (Lipinski definition) is 4. The number of carbonyl (C=O) groups is 2. The van der Waals surface area contributed by atoms with Gasteiger partial charge in [0.15, 0.2) is 5.78 Å². The SMILES string of the molecule is CCC(=O)N(C)c1ccc(-c2ccc(C(=O)CCc3ccc(N)nc3)cc2F)cc1F. The molecule has 160 valence electrons. The molecule has 3 rings (SSSR count). The molecule has 0 unspecified atom stereocenters. The van der Waals surface area contributed by atoms with Crippen molar-refractivity contribution in [2.45, 2.75) is 26.2 Å². The van der Waals surface area contributed by atoms with Crippen LogP contribution in [0.15, 0.2) is 54.7 Å². The first-order valence-corrected chi connectivity index (χ1v) is 9.89. The summed E-state index contributed by atoms with van der Waals surface area (Å²) in [7, 11) is 1.49. The summed E-state index contributed by atoms with van der Waals surface area (Å²) >= 11 is 0. The molecule has 0 aliphatic rings. The number of nitrogens with zero attached hydrogens (tertiary/aromatic N) is 2. The number of aryl methyl sites for hydroxylation is 1. The summed E-state index contributed by atoms with van der Waals surface area (Å²) in [6, 6.07) is 11.8. The van der Waals surface area contributed by atoms with Gasteiger partial charge >= 0.3 is 0 Å². The number of pyridine rings is 1. The van der Waals surface area contributed by atoms with Crippen LogP contribution in [0.3, 0.4) is 0 Å². The van der Waals surface area contributed by atoms with E-state index in [2.05, 4.69) is 4.98 Å². The van der Waals surface area contributed by atoms with Gasteiger partial charge in [0.05, 0.1) is 5.69 Å². The molecule has 1 amide bonds. The molecular weight excluding hydrogens is 400 g/mol. The predicted molar refractivity (Wildman–Crippen MR) is 117 cm³/mol. The first-order chi connectivity index (χ1) is 14.8. The molecule has 0 spiro atoms. The Kier molecular flexibility index (Phi) is 6.74. The molecule has 2 N–H and O–H groups in total. The summed E-state index contributed by atoms with van der Waals surface area (Å²) in [4.78, 5) is 29.4. The summed E-state index contributed by atoms with van der Waals surface area (Å²) in [6.45, 7) is 1.69. The van der Waals surface area contributed by atoms with Gasteiger partial charge in [-0.3, -0.25) is 9.59 Å². The Balaban J connectivity index is 1.75. The molecule has 0 saturated carbocycles. The number of hydrogen-bond donors (Lipinski definition) is 1. The Bertz CT molecular complexity index is 1110. The van der Waals surface area contributed by atoms with Crippen molar-refractivity contribution in [2.24, 2.45) is 0 Å². The largest absolute Gasteiger partial charge is 0.384 e. The van der Waals surface area contributed by atoms with Gasteiger partial charge in [0, 0.05) is 37.2 Å². The topological polar surface area (TPSA) is 76.3 Å². The minimum atomic E-state index is -0.626. The third-order valence-corrected chi connectivity index (χ3v) is 5.08. The summed E-state index contributed by atoms with van der Waals surface area (Å²) in [5.41, 5.74) is 7.27. The molecule has 7 heteroatoms. The maximum absolute atomic E-state index is 14.7. The van der Waals surface area contributed by atoms with Crippen molar-refractivity contribution in [3.05, 3.63) is 77.5 Å². The van der Waals surface area contributed by atoms with E-state index in [1.54, 1.807) is 31.3 Å². The highest BCUT2D eigenvalue weighted by atomic mass is 19.1. The quantitative estimate of drug-likeness (QED) is 0.554. The van der Waals surface area contributed by atoms with Crippen LogP contribution < -0.4 is 10.6 Å². The Labute approximate surface area is 179 Å². The summed E-state index contributed by atoms with van der Waals surface area (Å²) < 4.78 is 29.2. The molecule has 0 saturated heterocycles. The monoisotopic (exact) mass is 423 g/mol. The van der Waals surface area contributed by atoms with Crippen LogP contribution in [0.2, 0.25) is 0 Å². The number of halogens is 2. The number of rotatable bonds is 7. The molecule has 0 fully saturated rings. The molecule has 0 aliphatic heterocycles. The van der Waals surface area contributed by atoms with E-state index in [9.17, 15) is 18.4 Å². The van der Waals surface area contributed by atoms with Crippen LogP contribution in [0.25, 0.3) is 11.1 Å². The van der Waals surface area contributed by atoms with E-state index in [-0.39, 0.29) is 41.3 Å². The van der Waals surface area contributed by atoms with E-state index in [0.29, 0.717) is 17.8 Å². The molecule has 31 heavy (non-hydrogen) atoms. The first-order valence-electron chi connectivity index (χ1n) is 9.89. The zero-order chi connectivity index (χ0) is 22.5. The molecule has 0 atom stereocenters. The highest BCUT2D eigenvalue weighted by Crippen LogP contribution is 2.29. The van der Waals surface area contributed by atoms with Crippen LogP contribution in [-0.4, -0.2) is 23.7 Å². The Morgan fingerprint density at radius 1 is 1.03 bits per heavy atom. The molecular formula is C24H23F2N3O2. The Morgan fingerprint density at radius 2 is 1.81 bits per heavy atom. The molecule has 2 aromatic carbocycles. The van der Waals surface area contributed by atoms with Crippen LogP contribution in [0.4, 0.5) is 20.3 Å². The number of nitrogens with two attached hydrogens (primary N) is 1. The number of nitrogen functional groups attached to an aromatic ring is 1. The van der Waals surface area contributed by atoms with Crippen molar-refractivity contribution in [1.29, 1.82) is 0 Å². The minimum Gasteiger partial charge on any atom is -0.384 e. The Hall–Kier alpha value is -3.61. The van der Waals surface area contributed by atoms with E-state index in [1.165, 1.54) is 36.2 Å². The maximum atomic E-state index is 14.7. The zero-order valence-corrected chi connectivity index (χ0v) is 17.4. The number of aromatic nitrogens is 1. The number of anilines is 2. The molecule has 5 nitrogen and oxygen atoms in total. The van der Waals surface area contributed by atoms with Crippen molar-refractivity contribution in [1.82, 2.24) is 4.98 Å². The van der Waals surface area contributed by atoms with Crippen molar-refractivity contribution in [2.75, 3.05) is 17.7 Å². The van der Waals surface area contributed by atoms with E-state index >= 15 is 0 Å². The van der Waals surface area contributed by atoms with Crippen LogP contribution in [0.1, 0.15) is 35.7 Å². The van der Waals surface area contributed by atoms with E-state index in [0.717, 1.165) is 11.6 Å². The maximum Gasteiger partial charge on any atom is 0.226 e. The number of benzene rings is 2. The third kappa shape index (κ3) is 5.12. The molecule has 0 aliphatic carbocycles. The highest BCUT2D eigenvalue weighted by molar-refractivity contribution is 5.97. The van der Waals surface area contributed by atoms with Gasteiger partial charge in [0.25, 0.3) is 0 Å². The van der Waals surface area contributed by atoms with Crippen LogP contribution in [0.5, 0.6) is 0 Å². The number of ketones is 1. The standard InChI is InChI=1S/C24H23F2N3O2/c1-3-24(31)29(2)21-9-7-16(12-20(21)26)18-8-6-17(13-19(18)25)22(30)10-4-15-5-11-23(27)28-14-15/h5-9,11-14H,3-4,10H2,1-2H3,(H2,27,28). The Morgan fingerprint density at radius 3 is 2.42 bits per heavy atom. The molecule has 1 heterocycles. The third-order valence-electron chi connectivity index (χ3n) is 5.08. The molecule has 0 bridgehead atoms. The first kappa shape index (κ1) is 22.1. The second-order valence-electron chi connectivity index (χ2n) is 7.18. The van der Waals surface area contributed by atoms with Crippen molar-refractivity contribution in [3.63, 3.8) is 0 Å². The second-order valence-corrected chi connectivity index (χ2v) is 7.18. The number of carbonyl (C=O) groups excluding carboxylic acids is 2. The fraction of sp³-hybridized carbons (Fsp3) is 0.208. The fourth-order valence-electron chi connectivity index (χ4n) is 3.23. The van der Waals surface area contributed by atoms with E-state index in [1.807, 2.05) is 0 Å². The summed E-state index contributed by atoms with van der Waals surface area (Å²) in [5.74, 6) is -1.27. The minimum absolute atomic E-state index is 0.125. The average molecular weight is 423 g/mol. The predicted octanol–water partition coefficient (Wildman–Crippen LogP) is 4.80. The van der Waals surface area contributed by atoms with Gasteiger partial charge in [-0.25, -0.2) is 13.8 Å². The average Bonchev–Trinajstić information content (AvgIpc) is 2.77. The van der Waals surface area contributed by atoms with Gasteiger partial charge in [0.2, 0.25) is 5.91 Å². The lowest BCUT2D eigenvalue weighted by molar-refractivity contribution is -0.118. The number of Topliss-reactive ketones (excluding diaryl/α,β-unsaturated/α-hetero) is 1. The van der Waals surface area contributed by atoms with E-state index in [4.69, 9.17) is 5.73 Å². The highest BCUT2D eigenvalue weighted by Gasteiger charge is 2.16.